The number of carbonyl (C=O) groups is 1. The van der Waals surface area contributed by atoms with Crippen LogP contribution >= 0.6 is 0 Å². The molecule has 6 nitrogen and oxygen atoms in total. The van der Waals surface area contributed by atoms with Crippen molar-refractivity contribution >= 4 is 27.3 Å². The molecule has 0 saturated heterocycles. The Balaban J connectivity index is 1.74. The number of amides is 1. The summed E-state index contributed by atoms with van der Waals surface area (Å²) >= 11 is 0. The number of anilines is 2. The van der Waals surface area contributed by atoms with E-state index in [1.165, 1.54) is 42.5 Å². The second-order valence-corrected chi connectivity index (χ2v) is 8.46. The van der Waals surface area contributed by atoms with Gasteiger partial charge in [0, 0.05) is 11.3 Å². The lowest BCUT2D eigenvalue weighted by atomic mass is 10.0. The number of phenolic OH excluding ortho intramolecular Hbond substituents is 1. The quantitative estimate of drug-likeness (QED) is 0.388. The van der Waals surface area contributed by atoms with Gasteiger partial charge in [-0.05, 0) is 53.6 Å². The van der Waals surface area contributed by atoms with E-state index in [2.05, 4.69) is 10.0 Å². The monoisotopic (exact) mass is 450 g/mol. The standard InChI is InChI=1S/C21H17F3N2O4S/c1-31(29,30)26-18-12-17(10-11-19(18)27)25-20(28)15-4-2-13(3-5-15)14-6-8-16(9-7-14)21(22,23)24/h2-12,26-27H,1H3,(H,25,28). The van der Waals surface area contributed by atoms with Crippen LogP contribution in [0.25, 0.3) is 11.1 Å². The third-order valence-corrected chi connectivity index (χ3v) is 4.83. The average molecular weight is 450 g/mol. The third-order valence-electron chi connectivity index (χ3n) is 4.24. The molecule has 31 heavy (non-hydrogen) atoms. The summed E-state index contributed by atoms with van der Waals surface area (Å²) in [6, 6.07) is 14.8. The summed E-state index contributed by atoms with van der Waals surface area (Å²) in [6.07, 6.45) is -3.48. The van der Waals surface area contributed by atoms with Crippen molar-refractivity contribution in [3.05, 3.63) is 77.9 Å². The van der Waals surface area contributed by atoms with Crippen molar-refractivity contribution < 1.29 is 31.5 Å². The molecule has 3 aromatic carbocycles. The Morgan fingerprint density at radius 3 is 1.97 bits per heavy atom. The highest BCUT2D eigenvalue weighted by atomic mass is 32.2. The Bertz CT molecular complexity index is 1210. The van der Waals surface area contributed by atoms with E-state index in [-0.39, 0.29) is 22.7 Å². The highest BCUT2D eigenvalue weighted by Crippen LogP contribution is 2.31. The highest BCUT2D eigenvalue weighted by molar-refractivity contribution is 7.92. The van der Waals surface area contributed by atoms with Crippen LogP contribution in [0.5, 0.6) is 5.75 Å². The first-order valence-corrected chi connectivity index (χ1v) is 10.7. The van der Waals surface area contributed by atoms with Crippen molar-refractivity contribution in [3.8, 4) is 16.9 Å². The minimum absolute atomic E-state index is 0.0852. The second-order valence-electron chi connectivity index (χ2n) is 6.71. The third kappa shape index (κ3) is 5.76. The fourth-order valence-corrected chi connectivity index (χ4v) is 3.33. The molecule has 0 aromatic heterocycles. The number of rotatable bonds is 5. The van der Waals surface area contributed by atoms with Crippen LogP contribution in [0, 0.1) is 0 Å². The maximum absolute atomic E-state index is 12.7. The maximum atomic E-state index is 12.7. The van der Waals surface area contributed by atoms with E-state index in [4.69, 9.17) is 0 Å². The summed E-state index contributed by atoms with van der Waals surface area (Å²) in [6.45, 7) is 0. The van der Waals surface area contributed by atoms with Crippen LogP contribution in [0.4, 0.5) is 24.5 Å². The van der Waals surface area contributed by atoms with Gasteiger partial charge in [-0.25, -0.2) is 8.42 Å². The lowest BCUT2D eigenvalue weighted by Gasteiger charge is -2.11. The highest BCUT2D eigenvalue weighted by Gasteiger charge is 2.29. The van der Waals surface area contributed by atoms with Crippen molar-refractivity contribution in [2.45, 2.75) is 6.18 Å². The molecule has 3 N–H and O–H groups in total. The molecule has 0 fully saturated rings. The molecule has 0 unspecified atom stereocenters. The lowest BCUT2D eigenvalue weighted by Crippen LogP contribution is -2.13. The summed E-state index contributed by atoms with van der Waals surface area (Å²) in [5.41, 5.74) is 0.899. The van der Waals surface area contributed by atoms with Crippen LogP contribution in [0.2, 0.25) is 0 Å². The van der Waals surface area contributed by atoms with Crippen LogP contribution in [0.1, 0.15) is 15.9 Å². The van der Waals surface area contributed by atoms with E-state index < -0.39 is 27.7 Å². The molecule has 3 aromatic rings. The van der Waals surface area contributed by atoms with E-state index in [1.807, 2.05) is 0 Å². The summed E-state index contributed by atoms with van der Waals surface area (Å²) in [7, 11) is -3.62. The Morgan fingerprint density at radius 1 is 0.903 bits per heavy atom. The predicted molar refractivity (Wildman–Crippen MR) is 111 cm³/mol. The number of hydrogen-bond donors (Lipinski definition) is 3. The largest absolute Gasteiger partial charge is 0.506 e. The molecule has 0 radical (unpaired) electrons. The molecule has 0 heterocycles. The molecule has 10 heteroatoms. The van der Waals surface area contributed by atoms with Gasteiger partial charge in [0.1, 0.15) is 5.75 Å². The molecule has 0 aliphatic carbocycles. The van der Waals surface area contributed by atoms with Crippen molar-refractivity contribution in [2.24, 2.45) is 0 Å². The SMILES string of the molecule is CS(=O)(=O)Nc1cc(NC(=O)c2ccc(-c3ccc(C(F)(F)F)cc3)cc2)ccc1O. The Kier molecular flexibility index (Phi) is 5.94. The first kappa shape index (κ1) is 22.2. The van der Waals surface area contributed by atoms with E-state index in [0.717, 1.165) is 18.4 Å². The van der Waals surface area contributed by atoms with Gasteiger partial charge in [0.15, 0.2) is 0 Å². The van der Waals surface area contributed by atoms with Gasteiger partial charge in [-0.3, -0.25) is 9.52 Å². The molecule has 1 amide bonds. The van der Waals surface area contributed by atoms with Gasteiger partial charge in [0.25, 0.3) is 5.91 Å². The number of halogens is 3. The van der Waals surface area contributed by atoms with E-state index in [1.54, 1.807) is 12.1 Å². The van der Waals surface area contributed by atoms with Gasteiger partial charge in [0.2, 0.25) is 10.0 Å². The summed E-state index contributed by atoms with van der Waals surface area (Å²) in [5.74, 6) is -0.792. The Morgan fingerprint density at radius 2 is 1.45 bits per heavy atom. The fraction of sp³-hybridized carbons (Fsp3) is 0.0952. The summed E-state index contributed by atoms with van der Waals surface area (Å²) in [5, 5.41) is 12.3. The number of aromatic hydroxyl groups is 1. The number of nitrogens with one attached hydrogen (secondary N) is 2. The molecule has 3 rings (SSSR count). The first-order chi connectivity index (χ1) is 14.4. The van der Waals surface area contributed by atoms with Crippen LogP contribution < -0.4 is 10.0 Å². The zero-order chi connectivity index (χ0) is 22.8. The fourth-order valence-electron chi connectivity index (χ4n) is 2.76. The predicted octanol–water partition coefficient (Wildman–Crippen LogP) is 4.70. The Labute approximate surface area is 176 Å². The van der Waals surface area contributed by atoms with Crippen molar-refractivity contribution in [1.29, 1.82) is 0 Å². The van der Waals surface area contributed by atoms with Gasteiger partial charge in [-0.1, -0.05) is 24.3 Å². The van der Waals surface area contributed by atoms with Crippen LogP contribution in [0.3, 0.4) is 0 Å². The summed E-state index contributed by atoms with van der Waals surface area (Å²) < 4.78 is 62.9. The molecule has 0 bridgehead atoms. The molecular weight excluding hydrogens is 433 g/mol. The van der Waals surface area contributed by atoms with Gasteiger partial charge in [0.05, 0.1) is 17.5 Å². The topological polar surface area (TPSA) is 95.5 Å². The van der Waals surface area contributed by atoms with Gasteiger partial charge < -0.3 is 10.4 Å². The number of phenols is 1. The van der Waals surface area contributed by atoms with E-state index >= 15 is 0 Å². The number of carbonyl (C=O) groups excluding carboxylic acids is 1. The average Bonchev–Trinajstić information content (AvgIpc) is 2.69. The minimum Gasteiger partial charge on any atom is -0.506 e. The maximum Gasteiger partial charge on any atom is 0.416 e. The van der Waals surface area contributed by atoms with Gasteiger partial charge in [-0.2, -0.15) is 13.2 Å². The van der Waals surface area contributed by atoms with Crippen LogP contribution in [-0.4, -0.2) is 25.7 Å². The summed E-state index contributed by atoms with van der Waals surface area (Å²) in [4.78, 5) is 12.5. The number of benzene rings is 3. The molecule has 0 spiro atoms. The Hall–Kier alpha value is -3.53. The lowest BCUT2D eigenvalue weighted by molar-refractivity contribution is -0.137. The number of sulfonamides is 1. The van der Waals surface area contributed by atoms with Gasteiger partial charge >= 0.3 is 6.18 Å². The number of hydrogen-bond acceptors (Lipinski definition) is 4. The molecule has 162 valence electrons. The zero-order valence-electron chi connectivity index (χ0n) is 16.1. The second kappa shape index (κ2) is 8.31. The minimum atomic E-state index is -4.41. The molecular formula is C21H17F3N2O4S. The van der Waals surface area contributed by atoms with Crippen LogP contribution in [0.15, 0.2) is 66.7 Å². The van der Waals surface area contributed by atoms with Crippen LogP contribution in [-0.2, 0) is 16.2 Å². The van der Waals surface area contributed by atoms with Crippen molar-refractivity contribution in [1.82, 2.24) is 0 Å². The normalized spacial score (nSPS) is 11.7. The molecule has 0 saturated carbocycles. The van der Waals surface area contributed by atoms with Crippen molar-refractivity contribution in [3.63, 3.8) is 0 Å². The smallest absolute Gasteiger partial charge is 0.416 e. The number of alkyl halides is 3. The zero-order valence-corrected chi connectivity index (χ0v) is 16.9. The van der Waals surface area contributed by atoms with Gasteiger partial charge in [-0.15, -0.1) is 0 Å². The first-order valence-electron chi connectivity index (χ1n) is 8.82. The van der Waals surface area contributed by atoms with E-state index in [9.17, 15) is 31.5 Å². The van der Waals surface area contributed by atoms with Crippen molar-refractivity contribution in [2.75, 3.05) is 16.3 Å². The molecule has 0 aliphatic rings. The van der Waals surface area contributed by atoms with E-state index in [0.29, 0.717) is 11.1 Å². The molecule has 0 aliphatic heterocycles. The molecule has 0 atom stereocenters.